The van der Waals surface area contributed by atoms with Crippen LogP contribution in [0.4, 0.5) is 23.7 Å². The summed E-state index contributed by atoms with van der Waals surface area (Å²) in [5.74, 6) is 5.60. The zero-order valence-electron chi connectivity index (χ0n) is 11.4. The highest BCUT2D eigenvalue weighted by molar-refractivity contribution is 5.90. The van der Waals surface area contributed by atoms with Gasteiger partial charge in [0.2, 0.25) is 0 Å². The van der Waals surface area contributed by atoms with E-state index in [1.54, 1.807) is 7.05 Å². The van der Waals surface area contributed by atoms with E-state index in [0.717, 1.165) is 30.0 Å². The first-order valence-corrected chi connectivity index (χ1v) is 6.24. The smallest absolute Gasteiger partial charge is 0.326 e. The fraction of sp³-hybridized carbons (Fsp3) is 0.462. The van der Waals surface area contributed by atoms with Crippen molar-refractivity contribution in [3.8, 4) is 0 Å². The number of urea groups is 1. The number of halogens is 3. The van der Waals surface area contributed by atoms with Crippen molar-refractivity contribution < 1.29 is 18.0 Å². The van der Waals surface area contributed by atoms with Gasteiger partial charge in [-0.05, 0) is 24.6 Å². The van der Waals surface area contributed by atoms with Crippen molar-refractivity contribution in [1.29, 1.82) is 0 Å². The van der Waals surface area contributed by atoms with E-state index in [1.165, 1.54) is 17.0 Å². The summed E-state index contributed by atoms with van der Waals surface area (Å²) < 4.78 is 37.8. The molecule has 4 nitrogen and oxygen atoms in total. The Kier molecular flexibility index (Phi) is 5.38. The lowest BCUT2D eigenvalue weighted by molar-refractivity contribution is -0.137. The second kappa shape index (κ2) is 6.60. The van der Waals surface area contributed by atoms with Gasteiger partial charge < -0.3 is 4.90 Å². The zero-order valence-corrected chi connectivity index (χ0v) is 11.4. The number of rotatable bonds is 4. The first-order valence-electron chi connectivity index (χ1n) is 6.24. The summed E-state index contributed by atoms with van der Waals surface area (Å²) in [6.45, 7) is 2.48. The molecule has 0 aliphatic heterocycles. The fourth-order valence-corrected chi connectivity index (χ4v) is 1.62. The molecule has 2 N–H and O–H groups in total. The molecule has 20 heavy (non-hydrogen) atoms. The number of hydrazine groups is 1. The van der Waals surface area contributed by atoms with Crippen LogP contribution in [-0.2, 0) is 6.18 Å². The highest BCUT2D eigenvalue weighted by atomic mass is 19.4. The Bertz CT molecular complexity index is 462. The molecule has 0 fully saturated rings. The molecule has 2 amide bonds. The third kappa shape index (κ3) is 4.12. The third-order valence-electron chi connectivity index (χ3n) is 2.83. The van der Waals surface area contributed by atoms with Crippen LogP contribution in [0.2, 0.25) is 0 Å². The predicted molar refractivity (Wildman–Crippen MR) is 71.0 cm³/mol. The van der Waals surface area contributed by atoms with Crippen molar-refractivity contribution in [3.05, 3.63) is 29.8 Å². The molecule has 0 saturated heterocycles. The van der Waals surface area contributed by atoms with E-state index in [2.05, 4.69) is 0 Å². The molecule has 0 aromatic heterocycles. The molecule has 112 valence electrons. The van der Waals surface area contributed by atoms with Crippen LogP contribution in [0.3, 0.4) is 0 Å². The van der Waals surface area contributed by atoms with Crippen molar-refractivity contribution in [1.82, 2.24) is 4.90 Å². The number of unbranched alkanes of at least 4 members (excludes halogenated alkanes) is 1. The molecule has 0 aliphatic rings. The van der Waals surface area contributed by atoms with Crippen LogP contribution in [0.1, 0.15) is 25.3 Å². The number of nitrogens with two attached hydrogens (primary N) is 1. The fourth-order valence-electron chi connectivity index (χ4n) is 1.62. The second-order valence-corrected chi connectivity index (χ2v) is 4.48. The van der Waals surface area contributed by atoms with Gasteiger partial charge in [0.05, 0.1) is 11.3 Å². The van der Waals surface area contributed by atoms with Crippen LogP contribution in [0, 0.1) is 0 Å². The lowest BCUT2D eigenvalue weighted by Crippen LogP contribution is -2.46. The Morgan fingerprint density at radius 3 is 2.55 bits per heavy atom. The zero-order chi connectivity index (χ0) is 15.3. The van der Waals surface area contributed by atoms with E-state index in [4.69, 9.17) is 5.84 Å². The normalized spacial score (nSPS) is 11.3. The maximum atomic E-state index is 12.6. The van der Waals surface area contributed by atoms with Crippen LogP contribution in [0.5, 0.6) is 0 Å². The number of hydrogen-bond acceptors (Lipinski definition) is 2. The van der Waals surface area contributed by atoms with Crippen molar-refractivity contribution >= 4 is 11.7 Å². The van der Waals surface area contributed by atoms with Crippen LogP contribution in [0.15, 0.2) is 24.3 Å². The molecule has 0 bridgehead atoms. The summed E-state index contributed by atoms with van der Waals surface area (Å²) in [5.41, 5.74) is -0.831. The molecule has 0 aliphatic carbocycles. The molecule has 0 atom stereocenters. The third-order valence-corrected chi connectivity index (χ3v) is 2.83. The van der Waals surface area contributed by atoms with Crippen molar-refractivity contribution in [2.75, 3.05) is 18.6 Å². The molecule has 0 heterocycles. The van der Waals surface area contributed by atoms with Gasteiger partial charge in [0.1, 0.15) is 0 Å². The summed E-state index contributed by atoms with van der Waals surface area (Å²) >= 11 is 0. The lowest BCUT2D eigenvalue weighted by atomic mass is 10.2. The number of hydrogen-bond donors (Lipinski definition) is 1. The van der Waals surface area contributed by atoms with Gasteiger partial charge in [-0.25, -0.2) is 15.6 Å². The quantitative estimate of drug-likeness (QED) is 0.525. The van der Waals surface area contributed by atoms with E-state index in [9.17, 15) is 18.0 Å². The van der Waals surface area contributed by atoms with Gasteiger partial charge in [0.25, 0.3) is 0 Å². The standard InChI is InChI=1S/C13H18F3N3O/c1-3-4-8-18(2)12(20)19(17)11-7-5-6-10(9-11)13(14,15)16/h5-7,9H,3-4,8,17H2,1-2H3. The van der Waals surface area contributed by atoms with E-state index in [0.29, 0.717) is 6.54 Å². The van der Waals surface area contributed by atoms with E-state index < -0.39 is 17.8 Å². The monoisotopic (exact) mass is 289 g/mol. The Balaban J connectivity index is 2.86. The summed E-state index contributed by atoms with van der Waals surface area (Å²) in [6.07, 6.45) is -2.75. The summed E-state index contributed by atoms with van der Waals surface area (Å²) in [7, 11) is 1.56. The van der Waals surface area contributed by atoms with Crippen molar-refractivity contribution in [2.45, 2.75) is 25.9 Å². The average Bonchev–Trinajstić information content (AvgIpc) is 2.42. The Morgan fingerprint density at radius 1 is 1.35 bits per heavy atom. The Morgan fingerprint density at radius 2 is 2.00 bits per heavy atom. The Hall–Kier alpha value is -1.76. The molecule has 0 unspecified atom stereocenters. The maximum absolute atomic E-state index is 12.6. The minimum atomic E-state index is -4.46. The second-order valence-electron chi connectivity index (χ2n) is 4.48. The van der Waals surface area contributed by atoms with E-state index in [-0.39, 0.29) is 5.69 Å². The number of anilines is 1. The molecule has 0 saturated carbocycles. The number of alkyl halides is 3. The number of nitrogens with zero attached hydrogens (tertiary/aromatic N) is 2. The molecule has 1 aromatic rings. The van der Waals surface area contributed by atoms with Gasteiger partial charge >= 0.3 is 12.2 Å². The largest absolute Gasteiger partial charge is 0.416 e. The topological polar surface area (TPSA) is 49.6 Å². The Labute approximate surface area is 115 Å². The highest BCUT2D eigenvalue weighted by Gasteiger charge is 2.31. The van der Waals surface area contributed by atoms with Crippen LogP contribution >= 0.6 is 0 Å². The lowest BCUT2D eigenvalue weighted by Gasteiger charge is -2.24. The van der Waals surface area contributed by atoms with Gasteiger partial charge in [-0.15, -0.1) is 0 Å². The molecule has 0 radical (unpaired) electrons. The van der Waals surface area contributed by atoms with Crippen molar-refractivity contribution in [3.63, 3.8) is 0 Å². The maximum Gasteiger partial charge on any atom is 0.416 e. The van der Waals surface area contributed by atoms with Gasteiger partial charge in [-0.2, -0.15) is 13.2 Å². The molecule has 0 spiro atoms. The number of amides is 2. The summed E-state index contributed by atoms with van der Waals surface area (Å²) in [6, 6.07) is 3.82. The first kappa shape index (κ1) is 16.3. The number of carbonyl (C=O) groups is 1. The number of benzene rings is 1. The SMILES string of the molecule is CCCCN(C)C(=O)N(N)c1cccc(C(F)(F)F)c1. The van der Waals surface area contributed by atoms with E-state index in [1.807, 2.05) is 6.92 Å². The van der Waals surface area contributed by atoms with Crippen LogP contribution in [-0.4, -0.2) is 24.5 Å². The predicted octanol–water partition coefficient (Wildman–Crippen LogP) is 3.24. The minimum absolute atomic E-state index is 0.00757. The van der Waals surface area contributed by atoms with Gasteiger partial charge in [0.15, 0.2) is 0 Å². The number of carbonyl (C=O) groups excluding carboxylic acids is 1. The average molecular weight is 289 g/mol. The highest BCUT2D eigenvalue weighted by Crippen LogP contribution is 2.31. The molecule has 1 aromatic carbocycles. The molecular weight excluding hydrogens is 271 g/mol. The van der Waals surface area contributed by atoms with Crippen LogP contribution < -0.4 is 10.9 Å². The first-order chi connectivity index (χ1) is 9.27. The van der Waals surface area contributed by atoms with Gasteiger partial charge in [0, 0.05) is 13.6 Å². The van der Waals surface area contributed by atoms with Crippen LogP contribution in [0.25, 0.3) is 0 Å². The molecule has 1 rings (SSSR count). The minimum Gasteiger partial charge on any atom is -0.326 e. The summed E-state index contributed by atoms with van der Waals surface area (Å²) in [5, 5.41) is 0.727. The van der Waals surface area contributed by atoms with Gasteiger partial charge in [-0.1, -0.05) is 19.4 Å². The summed E-state index contributed by atoms with van der Waals surface area (Å²) in [4.78, 5) is 13.3. The molecular formula is C13H18F3N3O. The van der Waals surface area contributed by atoms with Crippen molar-refractivity contribution in [2.24, 2.45) is 5.84 Å². The molecule has 7 heteroatoms. The van der Waals surface area contributed by atoms with Gasteiger partial charge in [-0.3, -0.25) is 0 Å². The van der Waals surface area contributed by atoms with E-state index >= 15 is 0 Å².